The molecule has 2 unspecified atom stereocenters. The molecule has 0 saturated carbocycles. The van der Waals surface area contributed by atoms with Crippen LogP contribution in [0.4, 0.5) is 0 Å². The number of carboxylic acid groups (broad SMARTS) is 1. The Balaban J connectivity index is 1.71. The summed E-state index contributed by atoms with van der Waals surface area (Å²) in [5.74, 6) is -0.803. The number of aliphatic carboxylic acids is 1. The molecule has 5 nitrogen and oxygen atoms in total. The Morgan fingerprint density at radius 1 is 1.24 bits per heavy atom. The summed E-state index contributed by atoms with van der Waals surface area (Å²) in [5, 5.41) is 18.6. The Morgan fingerprint density at radius 3 is 2.59 bits per heavy atom. The zero-order valence-electron chi connectivity index (χ0n) is 10.2. The van der Waals surface area contributed by atoms with Gasteiger partial charge in [-0.1, -0.05) is 0 Å². The van der Waals surface area contributed by atoms with Crippen molar-refractivity contribution >= 4 is 5.97 Å². The first-order valence-corrected chi connectivity index (χ1v) is 6.54. The van der Waals surface area contributed by atoms with Gasteiger partial charge in [0.2, 0.25) is 0 Å². The maximum Gasteiger partial charge on any atom is 0.321 e. The van der Waals surface area contributed by atoms with E-state index in [2.05, 4.69) is 4.90 Å². The topological polar surface area (TPSA) is 64.0 Å². The van der Waals surface area contributed by atoms with E-state index in [1.165, 1.54) is 25.9 Å². The molecule has 2 rings (SSSR count). The lowest BCUT2D eigenvalue weighted by molar-refractivity contribution is -0.142. The molecule has 98 valence electrons. The fourth-order valence-corrected chi connectivity index (χ4v) is 2.89. The van der Waals surface area contributed by atoms with E-state index < -0.39 is 18.1 Å². The molecule has 0 aromatic carbocycles. The first-order chi connectivity index (χ1) is 8.16. The lowest BCUT2D eigenvalue weighted by Crippen LogP contribution is -2.37. The van der Waals surface area contributed by atoms with Crippen molar-refractivity contribution in [1.82, 2.24) is 9.80 Å². The van der Waals surface area contributed by atoms with Gasteiger partial charge in [-0.05, 0) is 38.9 Å². The normalized spacial score (nSPS) is 31.1. The van der Waals surface area contributed by atoms with Crippen LogP contribution in [0.15, 0.2) is 0 Å². The highest BCUT2D eigenvalue weighted by molar-refractivity contribution is 5.74. The zero-order chi connectivity index (χ0) is 12.3. The standard InChI is InChI=1S/C12H22N2O3/c15-10-8-11(12(16)17)14(9-10)7-3-6-13-4-1-2-5-13/h10-11,15H,1-9H2,(H,16,17). The van der Waals surface area contributed by atoms with Crippen molar-refractivity contribution in [3.05, 3.63) is 0 Å². The summed E-state index contributed by atoms with van der Waals surface area (Å²) >= 11 is 0. The van der Waals surface area contributed by atoms with Gasteiger partial charge in [0.25, 0.3) is 0 Å². The van der Waals surface area contributed by atoms with E-state index in [1.807, 2.05) is 4.90 Å². The van der Waals surface area contributed by atoms with Crippen molar-refractivity contribution in [2.45, 2.75) is 37.8 Å². The largest absolute Gasteiger partial charge is 0.480 e. The number of aliphatic hydroxyl groups excluding tert-OH is 1. The first-order valence-electron chi connectivity index (χ1n) is 6.54. The highest BCUT2D eigenvalue weighted by Gasteiger charge is 2.35. The smallest absolute Gasteiger partial charge is 0.321 e. The van der Waals surface area contributed by atoms with Crippen molar-refractivity contribution in [3.8, 4) is 0 Å². The lowest BCUT2D eigenvalue weighted by Gasteiger charge is -2.22. The Hall–Kier alpha value is -0.650. The van der Waals surface area contributed by atoms with Gasteiger partial charge < -0.3 is 15.1 Å². The molecule has 17 heavy (non-hydrogen) atoms. The van der Waals surface area contributed by atoms with Gasteiger partial charge >= 0.3 is 5.97 Å². The van der Waals surface area contributed by atoms with E-state index in [4.69, 9.17) is 5.11 Å². The van der Waals surface area contributed by atoms with E-state index in [0.717, 1.165) is 19.5 Å². The highest BCUT2D eigenvalue weighted by Crippen LogP contribution is 2.18. The van der Waals surface area contributed by atoms with Gasteiger partial charge in [0.15, 0.2) is 0 Å². The molecule has 5 heteroatoms. The molecule has 0 aliphatic carbocycles. The van der Waals surface area contributed by atoms with Crippen molar-refractivity contribution < 1.29 is 15.0 Å². The van der Waals surface area contributed by atoms with Crippen LogP contribution < -0.4 is 0 Å². The molecule has 2 aliphatic heterocycles. The van der Waals surface area contributed by atoms with E-state index in [0.29, 0.717) is 13.0 Å². The molecule has 2 saturated heterocycles. The summed E-state index contributed by atoms with van der Waals surface area (Å²) in [6.45, 7) is 4.72. The third-order valence-corrected chi connectivity index (χ3v) is 3.78. The van der Waals surface area contributed by atoms with Crippen molar-refractivity contribution in [3.63, 3.8) is 0 Å². The van der Waals surface area contributed by atoms with Crippen molar-refractivity contribution in [2.24, 2.45) is 0 Å². The molecule has 0 radical (unpaired) electrons. The summed E-state index contributed by atoms with van der Waals surface area (Å²) in [5.41, 5.74) is 0. The second-order valence-corrected chi connectivity index (χ2v) is 5.14. The number of hydrogen-bond acceptors (Lipinski definition) is 4. The number of aliphatic hydroxyl groups is 1. The van der Waals surface area contributed by atoms with Crippen LogP contribution in [-0.2, 0) is 4.79 Å². The van der Waals surface area contributed by atoms with Crippen LogP contribution in [0.3, 0.4) is 0 Å². The van der Waals surface area contributed by atoms with Crippen LogP contribution in [0, 0.1) is 0 Å². The minimum atomic E-state index is -0.803. The molecule has 0 spiro atoms. The predicted octanol–water partition coefficient (Wildman–Crippen LogP) is -0.00790. The quantitative estimate of drug-likeness (QED) is 0.710. The van der Waals surface area contributed by atoms with Gasteiger partial charge in [-0.2, -0.15) is 0 Å². The average molecular weight is 242 g/mol. The Kier molecular flexibility index (Phi) is 4.36. The molecule has 0 amide bonds. The maximum absolute atomic E-state index is 11.0. The maximum atomic E-state index is 11.0. The third-order valence-electron chi connectivity index (χ3n) is 3.78. The van der Waals surface area contributed by atoms with Crippen LogP contribution >= 0.6 is 0 Å². The Bertz CT molecular complexity index is 266. The van der Waals surface area contributed by atoms with E-state index >= 15 is 0 Å². The van der Waals surface area contributed by atoms with Gasteiger partial charge in [-0.25, -0.2) is 0 Å². The second-order valence-electron chi connectivity index (χ2n) is 5.14. The van der Waals surface area contributed by atoms with Gasteiger partial charge in [0.05, 0.1) is 6.10 Å². The highest BCUT2D eigenvalue weighted by atomic mass is 16.4. The SMILES string of the molecule is O=C(O)C1CC(O)CN1CCCN1CCCC1. The van der Waals surface area contributed by atoms with Crippen LogP contribution in [-0.4, -0.2) is 70.9 Å². The number of hydrogen-bond donors (Lipinski definition) is 2. The van der Waals surface area contributed by atoms with Crippen LogP contribution in [0.5, 0.6) is 0 Å². The minimum Gasteiger partial charge on any atom is -0.480 e. The Labute approximate surface area is 102 Å². The van der Waals surface area contributed by atoms with Gasteiger partial charge in [0, 0.05) is 19.5 Å². The van der Waals surface area contributed by atoms with Gasteiger partial charge in [-0.15, -0.1) is 0 Å². The predicted molar refractivity (Wildman–Crippen MR) is 63.9 cm³/mol. The summed E-state index contributed by atoms with van der Waals surface area (Å²) < 4.78 is 0. The number of nitrogens with zero attached hydrogens (tertiary/aromatic N) is 2. The summed E-state index contributed by atoms with van der Waals surface area (Å²) in [6.07, 6.45) is 3.48. The summed E-state index contributed by atoms with van der Waals surface area (Å²) in [7, 11) is 0. The number of rotatable bonds is 5. The molecule has 0 aromatic heterocycles. The number of carbonyl (C=O) groups is 1. The summed E-state index contributed by atoms with van der Waals surface area (Å²) in [4.78, 5) is 15.4. The molecule has 2 atom stereocenters. The van der Waals surface area contributed by atoms with Crippen molar-refractivity contribution in [2.75, 3.05) is 32.7 Å². The molecule has 2 N–H and O–H groups in total. The van der Waals surface area contributed by atoms with Crippen molar-refractivity contribution in [1.29, 1.82) is 0 Å². The van der Waals surface area contributed by atoms with E-state index in [1.54, 1.807) is 0 Å². The molecule has 0 aromatic rings. The van der Waals surface area contributed by atoms with E-state index in [9.17, 15) is 9.90 Å². The molecule has 2 heterocycles. The molecule has 2 fully saturated rings. The second kappa shape index (κ2) is 5.80. The van der Waals surface area contributed by atoms with Crippen LogP contribution in [0.25, 0.3) is 0 Å². The molecular formula is C12H22N2O3. The number of carboxylic acids is 1. The molecule has 2 aliphatic rings. The van der Waals surface area contributed by atoms with Crippen LogP contribution in [0.2, 0.25) is 0 Å². The van der Waals surface area contributed by atoms with Crippen LogP contribution in [0.1, 0.15) is 25.7 Å². The zero-order valence-corrected chi connectivity index (χ0v) is 10.2. The van der Waals surface area contributed by atoms with E-state index in [-0.39, 0.29) is 0 Å². The number of likely N-dealkylation sites (tertiary alicyclic amines) is 2. The summed E-state index contributed by atoms with van der Waals surface area (Å²) in [6, 6.07) is -0.483. The van der Waals surface area contributed by atoms with Gasteiger partial charge in [-0.3, -0.25) is 9.69 Å². The molecular weight excluding hydrogens is 220 g/mol. The monoisotopic (exact) mass is 242 g/mol. The lowest BCUT2D eigenvalue weighted by atomic mass is 10.2. The fraction of sp³-hybridized carbons (Fsp3) is 0.917. The third kappa shape index (κ3) is 3.40. The average Bonchev–Trinajstić information content (AvgIpc) is 2.88. The molecule has 0 bridgehead atoms. The minimum absolute atomic E-state index is 0.374. The first kappa shape index (κ1) is 12.8. The van der Waals surface area contributed by atoms with Gasteiger partial charge in [0.1, 0.15) is 6.04 Å². The number of β-amino-alcohol motifs (C(OH)–C–C–N with tert-alkyl or cyclic N) is 1. The Morgan fingerprint density at radius 2 is 1.94 bits per heavy atom. The fourth-order valence-electron chi connectivity index (χ4n) is 2.89.